The van der Waals surface area contributed by atoms with E-state index in [4.69, 9.17) is 5.11 Å². The van der Waals surface area contributed by atoms with Crippen molar-refractivity contribution in [3.8, 4) is 0 Å². The maximum absolute atomic E-state index is 13.7. The first-order valence-electron chi connectivity index (χ1n) is 7.20. The molecule has 0 radical (unpaired) electrons. The van der Waals surface area contributed by atoms with Crippen LogP contribution in [0.2, 0.25) is 0 Å². The Kier molecular flexibility index (Phi) is 5.50. The molecule has 0 atom stereocenters. The summed E-state index contributed by atoms with van der Waals surface area (Å²) >= 11 is 0. The van der Waals surface area contributed by atoms with Gasteiger partial charge in [0.15, 0.2) is 0 Å². The van der Waals surface area contributed by atoms with Crippen LogP contribution in [0.25, 0.3) is 0 Å². The second-order valence-corrected chi connectivity index (χ2v) is 5.28. The van der Waals surface area contributed by atoms with Gasteiger partial charge in [0, 0.05) is 38.7 Å². The molecule has 0 amide bonds. The Balaban J connectivity index is 1.78. The maximum Gasteiger partial charge on any atom is 0.303 e. The third kappa shape index (κ3) is 4.67. The predicted molar refractivity (Wildman–Crippen MR) is 76.5 cm³/mol. The van der Waals surface area contributed by atoms with Crippen molar-refractivity contribution in [3.05, 3.63) is 29.8 Å². The van der Waals surface area contributed by atoms with Crippen molar-refractivity contribution in [1.29, 1.82) is 0 Å². The molecule has 6 heteroatoms. The lowest BCUT2D eigenvalue weighted by atomic mass is 10.2. The van der Waals surface area contributed by atoms with Crippen molar-refractivity contribution in [1.82, 2.24) is 4.90 Å². The van der Waals surface area contributed by atoms with E-state index in [0.29, 0.717) is 25.2 Å². The second kappa shape index (κ2) is 7.36. The smallest absolute Gasteiger partial charge is 0.303 e. The standard InChI is InChI=1S/C15H20F2N2O2/c16-12-4-5-13(17)14(11-12)19-9-7-18(8-10-19)6-2-1-3-15(20)21/h4-5,11H,1-3,6-10H2,(H,20,21). The van der Waals surface area contributed by atoms with Gasteiger partial charge < -0.3 is 10.0 Å². The molecule has 0 bridgehead atoms. The van der Waals surface area contributed by atoms with Crippen LogP contribution in [0.4, 0.5) is 14.5 Å². The number of benzene rings is 1. The average molecular weight is 298 g/mol. The van der Waals surface area contributed by atoms with E-state index in [1.165, 1.54) is 6.07 Å². The van der Waals surface area contributed by atoms with Crippen molar-refractivity contribution < 1.29 is 18.7 Å². The van der Waals surface area contributed by atoms with Crippen LogP contribution in [0, 0.1) is 11.6 Å². The van der Waals surface area contributed by atoms with Crippen LogP contribution in [-0.4, -0.2) is 48.7 Å². The van der Waals surface area contributed by atoms with Crippen LogP contribution in [-0.2, 0) is 4.79 Å². The van der Waals surface area contributed by atoms with Crippen molar-refractivity contribution in [2.24, 2.45) is 0 Å². The van der Waals surface area contributed by atoms with E-state index >= 15 is 0 Å². The van der Waals surface area contributed by atoms with Crippen LogP contribution in [0.3, 0.4) is 0 Å². The van der Waals surface area contributed by atoms with Gasteiger partial charge in [-0.15, -0.1) is 0 Å². The van der Waals surface area contributed by atoms with E-state index in [2.05, 4.69) is 4.90 Å². The van der Waals surface area contributed by atoms with Gasteiger partial charge in [-0.05, 0) is 31.5 Å². The topological polar surface area (TPSA) is 43.8 Å². The summed E-state index contributed by atoms with van der Waals surface area (Å²) in [6.07, 6.45) is 1.73. The molecule has 4 nitrogen and oxygen atoms in total. The summed E-state index contributed by atoms with van der Waals surface area (Å²) < 4.78 is 26.9. The lowest BCUT2D eigenvalue weighted by Gasteiger charge is -2.36. The van der Waals surface area contributed by atoms with Crippen LogP contribution < -0.4 is 4.90 Å². The number of hydrogen-bond acceptors (Lipinski definition) is 3. The van der Waals surface area contributed by atoms with Gasteiger partial charge in [0.1, 0.15) is 11.6 Å². The summed E-state index contributed by atoms with van der Waals surface area (Å²) in [5.74, 6) is -1.59. The van der Waals surface area contributed by atoms with Gasteiger partial charge in [-0.1, -0.05) is 0 Å². The van der Waals surface area contributed by atoms with E-state index in [9.17, 15) is 13.6 Å². The predicted octanol–water partition coefficient (Wildman–Crippen LogP) is 2.34. The van der Waals surface area contributed by atoms with E-state index < -0.39 is 17.6 Å². The minimum atomic E-state index is -0.763. The highest BCUT2D eigenvalue weighted by atomic mass is 19.1. The zero-order valence-electron chi connectivity index (χ0n) is 11.9. The zero-order valence-corrected chi connectivity index (χ0v) is 11.9. The normalized spacial score (nSPS) is 16.2. The highest BCUT2D eigenvalue weighted by Crippen LogP contribution is 2.21. The number of carboxylic acids is 1. The number of unbranched alkanes of at least 4 members (excludes halogenated alkanes) is 1. The summed E-state index contributed by atoms with van der Waals surface area (Å²) in [6.45, 7) is 3.72. The molecule has 0 unspecified atom stereocenters. The molecule has 0 aromatic heterocycles. The minimum absolute atomic E-state index is 0.203. The van der Waals surface area contributed by atoms with Gasteiger partial charge in [0.05, 0.1) is 5.69 Å². The SMILES string of the molecule is O=C(O)CCCCN1CCN(c2cc(F)ccc2F)CC1. The fraction of sp³-hybridized carbons (Fsp3) is 0.533. The number of aliphatic carboxylic acids is 1. The van der Waals surface area contributed by atoms with Crippen molar-refractivity contribution in [3.63, 3.8) is 0 Å². The average Bonchev–Trinajstić information content (AvgIpc) is 2.47. The number of rotatable bonds is 6. The first-order valence-corrected chi connectivity index (χ1v) is 7.20. The van der Waals surface area contributed by atoms with Gasteiger partial charge in [-0.2, -0.15) is 0 Å². The maximum atomic E-state index is 13.7. The monoisotopic (exact) mass is 298 g/mol. The largest absolute Gasteiger partial charge is 0.481 e. The van der Waals surface area contributed by atoms with Crippen LogP contribution in [0.5, 0.6) is 0 Å². The number of carbonyl (C=O) groups is 1. The quantitative estimate of drug-likeness (QED) is 0.819. The van der Waals surface area contributed by atoms with E-state index in [-0.39, 0.29) is 6.42 Å². The fourth-order valence-electron chi connectivity index (χ4n) is 2.55. The van der Waals surface area contributed by atoms with E-state index in [1.54, 1.807) is 0 Å². The molecule has 116 valence electrons. The highest BCUT2D eigenvalue weighted by molar-refractivity contribution is 5.66. The molecule has 1 N–H and O–H groups in total. The Morgan fingerprint density at radius 1 is 1.14 bits per heavy atom. The number of hydrogen-bond donors (Lipinski definition) is 1. The molecule has 1 aromatic carbocycles. The molecule has 0 aliphatic carbocycles. The molecule has 0 saturated carbocycles. The number of anilines is 1. The Morgan fingerprint density at radius 2 is 1.86 bits per heavy atom. The zero-order chi connectivity index (χ0) is 15.2. The molecule has 2 rings (SSSR count). The third-order valence-electron chi connectivity index (χ3n) is 3.74. The molecule has 1 fully saturated rings. The minimum Gasteiger partial charge on any atom is -0.481 e. The van der Waals surface area contributed by atoms with Gasteiger partial charge in [-0.25, -0.2) is 8.78 Å². The highest BCUT2D eigenvalue weighted by Gasteiger charge is 2.19. The van der Waals surface area contributed by atoms with Crippen molar-refractivity contribution in [2.75, 3.05) is 37.6 Å². The number of piperazine rings is 1. The molecule has 1 heterocycles. The Bertz CT molecular complexity index is 489. The number of nitrogens with zero attached hydrogens (tertiary/aromatic N) is 2. The molecule has 1 aromatic rings. The molecular formula is C15H20F2N2O2. The molecule has 0 spiro atoms. The number of halogens is 2. The third-order valence-corrected chi connectivity index (χ3v) is 3.74. The van der Waals surface area contributed by atoms with Crippen LogP contribution in [0.1, 0.15) is 19.3 Å². The summed E-state index contributed by atoms with van der Waals surface area (Å²) in [6, 6.07) is 3.51. The lowest BCUT2D eigenvalue weighted by Crippen LogP contribution is -2.47. The van der Waals surface area contributed by atoms with Crippen LogP contribution in [0.15, 0.2) is 18.2 Å². The first-order chi connectivity index (χ1) is 10.1. The van der Waals surface area contributed by atoms with E-state index in [0.717, 1.165) is 38.2 Å². The lowest BCUT2D eigenvalue weighted by molar-refractivity contribution is -0.137. The van der Waals surface area contributed by atoms with Crippen LogP contribution >= 0.6 is 0 Å². The molecule has 1 aliphatic rings. The summed E-state index contributed by atoms with van der Waals surface area (Å²) in [5, 5.41) is 8.57. The second-order valence-electron chi connectivity index (χ2n) is 5.28. The van der Waals surface area contributed by atoms with Gasteiger partial charge in [0.2, 0.25) is 0 Å². The Hall–Kier alpha value is -1.69. The van der Waals surface area contributed by atoms with E-state index in [1.807, 2.05) is 4.90 Å². The van der Waals surface area contributed by atoms with Gasteiger partial charge >= 0.3 is 5.97 Å². The molecular weight excluding hydrogens is 278 g/mol. The molecule has 21 heavy (non-hydrogen) atoms. The van der Waals surface area contributed by atoms with Crippen molar-refractivity contribution >= 4 is 11.7 Å². The van der Waals surface area contributed by atoms with Gasteiger partial charge in [0.25, 0.3) is 0 Å². The first kappa shape index (κ1) is 15.7. The Morgan fingerprint density at radius 3 is 2.52 bits per heavy atom. The molecule has 1 saturated heterocycles. The summed E-state index contributed by atoms with van der Waals surface area (Å²) in [5.41, 5.74) is 0.320. The van der Waals surface area contributed by atoms with Gasteiger partial charge in [-0.3, -0.25) is 9.69 Å². The number of carboxylic acid groups (broad SMARTS) is 1. The fourth-order valence-corrected chi connectivity index (χ4v) is 2.55. The van der Waals surface area contributed by atoms with Crippen molar-refractivity contribution in [2.45, 2.75) is 19.3 Å². The summed E-state index contributed by atoms with van der Waals surface area (Å²) in [7, 11) is 0. The summed E-state index contributed by atoms with van der Waals surface area (Å²) in [4.78, 5) is 14.5. The Labute approximate surface area is 123 Å². The molecule has 1 aliphatic heterocycles.